The van der Waals surface area contributed by atoms with Crippen molar-refractivity contribution in [3.63, 3.8) is 0 Å². The van der Waals surface area contributed by atoms with Crippen LogP contribution in [0.2, 0.25) is 0 Å². The molecule has 0 aliphatic heterocycles. The van der Waals surface area contributed by atoms with Crippen molar-refractivity contribution >= 4 is 12.1 Å². The van der Waals surface area contributed by atoms with E-state index in [1.807, 2.05) is 38.1 Å². The molecule has 0 fully saturated rings. The Hall–Kier alpha value is -2.24. The van der Waals surface area contributed by atoms with Gasteiger partial charge < -0.3 is 19.9 Å². The molecule has 0 bridgehead atoms. The topological polar surface area (TPSA) is 84.9 Å². The second-order valence-electron chi connectivity index (χ2n) is 7.69. The van der Waals surface area contributed by atoms with Crippen LogP contribution in [-0.4, -0.2) is 35.4 Å². The molecule has 0 radical (unpaired) electrons. The van der Waals surface area contributed by atoms with E-state index < -0.39 is 23.7 Å². The summed E-state index contributed by atoms with van der Waals surface area (Å²) in [6, 6.07) is 6.25. The zero-order valence-corrected chi connectivity index (χ0v) is 17.6. The van der Waals surface area contributed by atoms with E-state index in [0.717, 1.165) is 49.8 Å². The Labute approximate surface area is 168 Å². The first-order valence-corrected chi connectivity index (χ1v) is 10.2. The number of carboxylic acids is 1. The van der Waals surface area contributed by atoms with E-state index in [9.17, 15) is 14.7 Å². The molecule has 1 aromatic rings. The molecule has 0 unspecified atom stereocenters. The van der Waals surface area contributed by atoms with Crippen LogP contribution < -0.4 is 10.1 Å². The van der Waals surface area contributed by atoms with E-state index in [4.69, 9.17) is 9.47 Å². The molecule has 2 N–H and O–H groups in total. The molecule has 1 rings (SSSR count). The summed E-state index contributed by atoms with van der Waals surface area (Å²) in [4.78, 5) is 23.7. The molecule has 0 heterocycles. The third kappa shape index (κ3) is 9.62. The number of nitrogens with one attached hydrogen (secondary N) is 1. The Morgan fingerprint density at radius 1 is 1.07 bits per heavy atom. The van der Waals surface area contributed by atoms with E-state index >= 15 is 0 Å². The lowest BCUT2D eigenvalue weighted by Gasteiger charge is -2.26. The second-order valence-corrected chi connectivity index (χ2v) is 7.69. The van der Waals surface area contributed by atoms with Crippen molar-refractivity contribution in [3.8, 4) is 5.75 Å². The van der Waals surface area contributed by atoms with Crippen molar-refractivity contribution in [3.05, 3.63) is 29.8 Å². The highest BCUT2D eigenvalue weighted by Crippen LogP contribution is 2.18. The summed E-state index contributed by atoms with van der Waals surface area (Å²) in [5.74, 6) is -0.333. The maximum Gasteiger partial charge on any atom is 0.408 e. The highest BCUT2D eigenvalue weighted by molar-refractivity contribution is 5.80. The average Bonchev–Trinajstić information content (AvgIpc) is 2.64. The largest absolute Gasteiger partial charge is 0.494 e. The number of carbonyl (C=O) groups is 2. The molecule has 1 amide bonds. The van der Waals surface area contributed by atoms with Gasteiger partial charge in [0.1, 0.15) is 17.4 Å². The van der Waals surface area contributed by atoms with Gasteiger partial charge in [-0.15, -0.1) is 0 Å². The first kappa shape index (κ1) is 23.8. The van der Waals surface area contributed by atoms with Crippen molar-refractivity contribution in [1.29, 1.82) is 0 Å². The summed E-state index contributed by atoms with van der Waals surface area (Å²) in [6.07, 6.45) is 5.44. The lowest BCUT2D eigenvalue weighted by atomic mass is 10.0. The molecule has 0 aliphatic rings. The van der Waals surface area contributed by atoms with E-state index in [0.29, 0.717) is 6.61 Å². The van der Waals surface area contributed by atoms with Gasteiger partial charge in [-0.25, -0.2) is 9.59 Å². The number of unbranched alkanes of at least 4 members (excludes halogenated alkanes) is 3. The molecule has 6 nitrogen and oxygen atoms in total. The summed E-state index contributed by atoms with van der Waals surface area (Å²) < 4.78 is 11.1. The first-order valence-electron chi connectivity index (χ1n) is 10.2. The molecule has 0 aromatic heterocycles. The fraction of sp³-hybridized carbons (Fsp3) is 0.636. The van der Waals surface area contributed by atoms with Gasteiger partial charge >= 0.3 is 12.1 Å². The smallest absolute Gasteiger partial charge is 0.408 e. The molecular formula is C22H35NO5. The van der Waals surface area contributed by atoms with Crippen molar-refractivity contribution in [2.75, 3.05) is 6.61 Å². The number of hydrogen-bond donors (Lipinski definition) is 2. The van der Waals surface area contributed by atoms with Crippen LogP contribution in [0.15, 0.2) is 24.3 Å². The molecule has 1 atom stereocenters. The van der Waals surface area contributed by atoms with Gasteiger partial charge in [0.05, 0.1) is 6.61 Å². The van der Waals surface area contributed by atoms with Crippen LogP contribution in [0, 0.1) is 0 Å². The minimum absolute atomic E-state index is 0.177. The van der Waals surface area contributed by atoms with Crippen LogP contribution in [0.25, 0.3) is 0 Å². The van der Waals surface area contributed by atoms with Gasteiger partial charge in [0, 0.05) is 6.42 Å². The predicted octanol–water partition coefficient (Wildman–Crippen LogP) is 4.95. The molecule has 6 heteroatoms. The number of rotatable bonds is 13. The number of amides is 1. The summed E-state index contributed by atoms with van der Waals surface area (Å²) in [5, 5.41) is 11.9. The zero-order chi connectivity index (χ0) is 21.0. The van der Waals surface area contributed by atoms with Gasteiger partial charge in [0.2, 0.25) is 0 Å². The van der Waals surface area contributed by atoms with Crippen molar-refractivity contribution in [2.45, 2.75) is 84.3 Å². The van der Waals surface area contributed by atoms with Gasteiger partial charge in [-0.2, -0.15) is 0 Å². The van der Waals surface area contributed by atoms with Crippen LogP contribution in [0.3, 0.4) is 0 Å². The van der Waals surface area contributed by atoms with Crippen LogP contribution >= 0.6 is 0 Å². The Balaban J connectivity index is 2.57. The van der Waals surface area contributed by atoms with Gasteiger partial charge in [0.15, 0.2) is 0 Å². The molecule has 0 saturated heterocycles. The zero-order valence-electron chi connectivity index (χ0n) is 17.6. The van der Waals surface area contributed by atoms with E-state index in [2.05, 4.69) is 19.2 Å². The molecule has 28 heavy (non-hydrogen) atoms. The van der Waals surface area contributed by atoms with Gasteiger partial charge in [0.25, 0.3) is 0 Å². The van der Waals surface area contributed by atoms with Crippen LogP contribution in [0.1, 0.15) is 71.8 Å². The summed E-state index contributed by atoms with van der Waals surface area (Å²) in [6.45, 7) is 8.54. The monoisotopic (exact) mass is 393 g/mol. The Bertz CT molecular complexity index is 597. The van der Waals surface area contributed by atoms with Crippen LogP contribution in [0.5, 0.6) is 5.75 Å². The number of benzene rings is 1. The van der Waals surface area contributed by atoms with Crippen molar-refractivity contribution in [1.82, 2.24) is 5.32 Å². The fourth-order valence-corrected chi connectivity index (χ4v) is 2.78. The van der Waals surface area contributed by atoms with Gasteiger partial charge in [-0.05, 0) is 50.8 Å². The summed E-state index contributed by atoms with van der Waals surface area (Å²) in [7, 11) is 0. The average molecular weight is 394 g/mol. The SMILES string of the molecule is CCCCCOc1ccc(C[C@H](NC(=O)OC(C)(C)CCCC)C(=O)O)cc1. The molecule has 158 valence electrons. The maximum atomic E-state index is 12.1. The van der Waals surface area contributed by atoms with Crippen LogP contribution in [-0.2, 0) is 16.0 Å². The summed E-state index contributed by atoms with van der Waals surface area (Å²) >= 11 is 0. The third-order valence-corrected chi connectivity index (χ3v) is 4.47. The molecule has 0 spiro atoms. The number of carbonyl (C=O) groups excluding carboxylic acids is 1. The minimum Gasteiger partial charge on any atom is -0.494 e. The Morgan fingerprint density at radius 3 is 2.29 bits per heavy atom. The number of aliphatic carboxylic acids is 1. The van der Waals surface area contributed by atoms with E-state index in [-0.39, 0.29) is 6.42 Å². The second kappa shape index (κ2) is 12.3. The third-order valence-electron chi connectivity index (χ3n) is 4.47. The van der Waals surface area contributed by atoms with E-state index in [1.165, 1.54) is 0 Å². The number of carboxylic acid groups (broad SMARTS) is 1. The molecule has 1 aromatic carbocycles. The first-order chi connectivity index (χ1) is 13.3. The molecule has 0 saturated carbocycles. The number of alkyl carbamates (subject to hydrolysis) is 1. The van der Waals surface area contributed by atoms with E-state index in [1.54, 1.807) is 0 Å². The lowest BCUT2D eigenvalue weighted by Crippen LogP contribution is -2.45. The van der Waals surface area contributed by atoms with Gasteiger partial charge in [-0.3, -0.25) is 0 Å². The predicted molar refractivity (Wildman–Crippen MR) is 110 cm³/mol. The molecule has 0 aliphatic carbocycles. The molecular weight excluding hydrogens is 358 g/mol. The minimum atomic E-state index is -1.09. The standard InChI is InChI=1S/C22H35NO5/c1-5-7-9-15-27-18-12-10-17(11-13-18)16-19(20(24)25)23-21(26)28-22(3,4)14-8-6-2/h10-13,19H,5-9,14-16H2,1-4H3,(H,23,26)(H,24,25)/t19-/m0/s1. The maximum absolute atomic E-state index is 12.1. The number of hydrogen-bond acceptors (Lipinski definition) is 4. The number of ether oxygens (including phenoxy) is 2. The van der Waals surface area contributed by atoms with Crippen molar-refractivity contribution in [2.24, 2.45) is 0 Å². The summed E-state index contributed by atoms with van der Waals surface area (Å²) in [5.41, 5.74) is 0.179. The normalized spacial score (nSPS) is 12.3. The lowest BCUT2D eigenvalue weighted by molar-refractivity contribution is -0.139. The Kier molecular flexibility index (Phi) is 10.4. The van der Waals surface area contributed by atoms with Crippen LogP contribution in [0.4, 0.5) is 4.79 Å². The van der Waals surface area contributed by atoms with Gasteiger partial charge in [-0.1, -0.05) is 45.2 Å². The fourth-order valence-electron chi connectivity index (χ4n) is 2.78. The highest BCUT2D eigenvalue weighted by atomic mass is 16.6. The Morgan fingerprint density at radius 2 is 1.71 bits per heavy atom. The quantitative estimate of drug-likeness (QED) is 0.463. The highest BCUT2D eigenvalue weighted by Gasteiger charge is 2.26. The van der Waals surface area contributed by atoms with Crippen molar-refractivity contribution < 1.29 is 24.2 Å².